The molecule has 1 spiro atoms. The Balaban J connectivity index is 2.04. The van der Waals surface area contributed by atoms with Crippen LogP contribution in [0.3, 0.4) is 0 Å². The molecule has 2 fully saturated rings. The fourth-order valence-corrected chi connectivity index (χ4v) is 2.37. The molecule has 3 N–H and O–H groups in total. The van der Waals surface area contributed by atoms with Gasteiger partial charge in [-0.05, 0) is 0 Å². The van der Waals surface area contributed by atoms with Crippen molar-refractivity contribution in [1.29, 1.82) is 0 Å². The molecule has 4 heteroatoms. The first-order valence-electron chi connectivity index (χ1n) is 3.30. The molecule has 2 rings (SSSR count). The van der Waals surface area contributed by atoms with E-state index in [1.54, 1.807) is 0 Å². The summed E-state index contributed by atoms with van der Waals surface area (Å²) < 4.78 is 0. The minimum atomic E-state index is 0.0556. The number of hydrogen-bond donors (Lipinski definition) is 3. The summed E-state index contributed by atoms with van der Waals surface area (Å²) in [6.45, 7) is 3.28. The maximum absolute atomic E-state index is 3.37. The highest BCUT2D eigenvalue weighted by Crippen LogP contribution is 2.22. The fourth-order valence-electron chi connectivity index (χ4n) is 1.25. The van der Waals surface area contributed by atoms with Crippen molar-refractivity contribution in [2.24, 2.45) is 0 Å². The molecule has 2 heterocycles. The van der Waals surface area contributed by atoms with Crippen LogP contribution in [0.15, 0.2) is 0 Å². The molecule has 0 radical (unpaired) electrons. The van der Waals surface area contributed by atoms with Crippen LogP contribution in [0.5, 0.6) is 0 Å². The van der Waals surface area contributed by atoms with Gasteiger partial charge in [-0.15, -0.1) is 11.8 Å². The highest BCUT2D eigenvalue weighted by Gasteiger charge is 2.36. The number of rotatable bonds is 0. The predicted octanol–water partition coefficient (Wildman–Crippen LogP) is -0.873. The number of thioether (sulfide) groups is 1. The molecule has 0 amide bonds. The van der Waals surface area contributed by atoms with Gasteiger partial charge < -0.3 is 0 Å². The van der Waals surface area contributed by atoms with Gasteiger partial charge in [0, 0.05) is 25.4 Å². The molecule has 0 aromatic heterocycles. The largest absolute Gasteiger partial charge is 0.277 e. The molecule has 52 valence electrons. The lowest BCUT2D eigenvalue weighted by atomic mass is 10.7. The summed E-state index contributed by atoms with van der Waals surface area (Å²) in [5, 5.41) is 10.2. The number of nitrogens with one attached hydrogen (secondary N) is 3. The zero-order valence-electron chi connectivity index (χ0n) is 5.24. The Hall–Kier alpha value is 0.230. The Labute approximate surface area is 59.0 Å². The van der Waals surface area contributed by atoms with E-state index in [1.807, 2.05) is 11.8 Å². The highest BCUT2D eigenvalue weighted by atomic mass is 32.2. The summed E-state index contributed by atoms with van der Waals surface area (Å²) in [4.78, 5) is 0. The van der Waals surface area contributed by atoms with E-state index in [2.05, 4.69) is 16.0 Å². The third-order valence-corrected chi connectivity index (χ3v) is 2.94. The van der Waals surface area contributed by atoms with Crippen molar-refractivity contribution in [2.75, 3.05) is 25.4 Å². The van der Waals surface area contributed by atoms with Gasteiger partial charge in [0.05, 0.1) is 0 Å². The van der Waals surface area contributed by atoms with E-state index in [9.17, 15) is 0 Å². The van der Waals surface area contributed by atoms with E-state index in [1.165, 1.54) is 5.75 Å². The van der Waals surface area contributed by atoms with Gasteiger partial charge in [-0.25, -0.2) is 0 Å². The van der Waals surface area contributed by atoms with E-state index in [0.29, 0.717) is 0 Å². The minimum Gasteiger partial charge on any atom is -0.277 e. The Bertz CT molecular complexity index is 87.3. The summed E-state index contributed by atoms with van der Waals surface area (Å²) in [5.74, 6) is 1.21. The van der Waals surface area contributed by atoms with E-state index >= 15 is 0 Å². The second-order valence-electron chi connectivity index (χ2n) is 2.31. The SMILES string of the molecule is C1CNC2(N1)NCCS2. The van der Waals surface area contributed by atoms with Crippen LogP contribution in [0.25, 0.3) is 0 Å². The summed E-state index contributed by atoms with van der Waals surface area (Å²) in [6, 6.07) is 0. The third kappa shape index (κ3) is 0.961. The second-order valence-corrected chi connectivity index (χ2v) is 3.62. The quantitative estimate of drug-likeness (QED) is 0.414. The van der Waals surface area contributed by atoms with Gasteiger partial charge in [0.15, 0.2) is 5.12 Å². The molecule has 0 aromatic carbocycles. The lowest BCUT2D eigenvalue weighted by molar-refractivity contribution is 0.428. The summed E-state index contributed by atoms with van der Waals surface area (Å²) in [7, 11) is 0. The molecule has 0 unspecified atom stereocenters. The van der Waals surface area contributed by atoms with Crippen LogP contribution < -0.4 is 16.0 Å². The summed E-state index contributed by atoms with van der Waals surface area (Å²) in [6.07, 6.45) is 0. The van der Waals surface area contributed by atoms with Gasteiger partial charge in [-0.1, -0.05) is 0 Å². The smallest absolute Gasteiger partial charge is 0.173 e. The molecule has 0 atom stereocenters. The van der Waals surface area contributed by atoms with Gasteiger partial charge in [0.2, 0.25) is 0 Å². The first kappa shape index (κ1) is 5.97. The van der Waals surface area contributed by atoms with Crippen molar-refractivity contribution in [3.8, 4) is 0 Å². The van der Waals surface area contributed by atoms with Crippen molar-refractivity contribution in [2.45, 2.75) is 5.12 Å². The molecule has 0 saturated carbocycles. The molecule has 9 heavy (non-hydrogen) atoms. The van der Waals surface area contributed by atoms with Crippen LogP contribution in [-0.2, 0) is 0 Å². The Morgan fingerprint density at radius 1 is 1.00 bits per heavy atom. The molecule has 3 nitrogen and oxygen atoms in total. The first-order valence-corrected chi connectivity index (χ1v) is 4.29. The monoisotopic (exact) mass is 145 g/mol. The summed E-state index contributed by atoms with van der Waals surface area (Å²) in [5.41, 5.74) is 0. The van der Waals surface area contributed by atoms with E-state index in [-0.39, 0.29) is 5.12 Å². The third-order valence-electron chi connectivity index (χ3n) is 1.67. The topological polar surface area (TPSA) is 36.1 Å². The van der Waals surface area contributed by atoms with Crippen LogP contribution in [0.4, 0.5) is 0 Å². The van der Waals surface area contributed by atoms with E-state index in [0.717, 1.165) is 19.6 Å². The van der Waals surface area contributed by atoms with Gasteiger partial charge in [-0.2, -0.15) is 0 Å². The number of hydrogen-bond acceptors (Lipinski definition) is 4. The van der Waals surface area contributed by atoms with Gasteiger partial charge >= 0.3 is 0 Å². The van der Waals surface area contributed by atoms with Gasteiger partial charge in [0.1, 0.15) is 0 Å². The fraction of sp³-hybridized carbons (Fsp3) is 1.00. The van der Waals surface area contributed by atoms with E-state index in [4.69, 9.17) is 0 Å². The van der Waals surface area contributed by atoms with Crippen molar-refractivity contribution in [3.05, 3.63) is 0 Å². The second kappa shape index (κ2) is 2.12. The molecule has 0 bridgehead atoms. The average molecular weight is 145 g/mol. The molecule has 2 aliphatic rings. The summed E-state index contributed by atoms with van der Waals surface area (Å²) >= 11 is 1.92. The molecular weight excluding hydrogens is 134 g/mol. The van der Waals surface area contributed by atoms with Crippen LogP contribution in [0.1, 0.15) is 0 Å². The first-order chi connectivity index (χ1) is 4.41. The van der Waals surface area contributed by atoms with Crippen molar-refractivity contribution >= 4 is 11.8 Å². The Morgan fingerprint density at radius 3 is 2.22 bits per heavy atom. The van der Waals surface area contributed by atoms with Crippen LogP contribution in [0, 0.1) is 0 Å². The van der Waals surface area contributed by atoms with Gasteiger partial charge in [-0.3, -0.25) is 16.0 Å². The zero-order valence-corrected chi connectivity index (χ0v) is 6.05. The van der Waals surface area contributed by atoms with Crippen molar-refractivity contribution in [1.82, 2.24) is 16.0 Å². The maximum atomic E-state index is 3.37. The van der Waals surface area contributed by atoms with Crippen LogP contribution >= 0.6 is 11.8 Å². The highest BCUT2D eigenvalue weighted by molar-refractivity contribution is 8.00. The Kier molecular flexibility index (Phi) is 1.41. The minimum absolute atomic E-state index is 0.0556. The van der Waals surface area contributed by atoms with Crippen LogP contribution in [0.2, 0.25) is 0 Å². The average Bonchev–Trinajstić information content (AvgIpc) is 2.45. The standard InChI is InChI=1S/C5H11N3S/c1-2-7-5(6-1)8-3-4-9-5/h6-8H,1-4H2. The predicted molar refractivity (Wildman–Crippen MR) is 39.2 cm³/mol. The molecular formula is C5H11N3S. The lowest BCUT2D eigenvalue weighted by Crippen LogP contribution is -2.54. The van der Waals surface area contributed by atoms with Crippen LogP contribution in [-0.4, -0.2) is 30.5 Å². The normalized spacial score (nSPS) is 32.0. The molecule has 0 aliphatic carbocycles. The molecule has 2 aliphatic heterocycles. The van der Waals surface area contributed by atoms with Crippen molar-refractivity contribution < 1.29 is 0 Å². The van der Waals surface area contributed by atoms with Crippen molar-refractivity contribution in [3.63, 3.8) is 0 Å². The zero-order chi connectivity index (χ0) is 6.16. The Morgan fingerprint density at radius 2 is 1.67 bits per heavy atom. The van der Waals surface area contributed by atoms with Gasteiger partial charge in [0.25, 0.3) is 0 Å². The van der Waals surface area contributed by atoms with E-state index < -0.39 is 0 Å². The molecule has 0 aromatic rings. The lowest BCUT2D eigenvalue weighted by Gasteiger charge is -2.22. The molecule has 2 saturated heterocycles. The maximum Gasteiger partial charge on any atom is 0.173 e.